The second-order valence-electron chi connectivity index (χ2n) is 6.00. The molecule has 0 radical (unpaired) electrons. The number of aryl methyl sites for hydroxylation is 2. The van der Waals surface area contributed by atoms with E-state index >= 15 is 0 Å². The molecule has 1 aliphatic heterocycles. The molecule has 0 unspecified atom stereocenters. The Morgan fingerprint density at radius 2 is 1.83 bits per heavy atom. The summed E-state index contributed by atoms with van der Waals surface area (Å²) in [6, 6.07) is 7.55. The predicted molar refractivity (Wildman–Crippen MR) is 90.7 cm³/mol. The summed E-state index contributed by atoms with van der Waals surface area (Å²) in [7, 11) is 0. The Labute approximate surface area is 139 Å². The van der Waals surface area contributed by atoms with E-state index in [1.54, 1.807) is 11.3 Å². The number of benzene rings is 1. The highest BCUT2D eigenvalue weighted by Crippen LogP contribution is 2.35. The number of anilines is 1. The van der Waals surface area contributed by atoms with E-state index in [4.69, 9.17) is 9.47 Å². The first-order valence-electron chi connectivity index (χ1n) is 8.12. The molecule has 0 atom stereocenters. The summed E-state index contributed by atoms with van der Waals surface area (Å²) in [4.78, 5) is 14.7. The van der Waals surface area contributed by atoms with Gasteiger partial charge in [-0.05, 0) is 49.4 Å². The molecule has 1 aliphatic carbocycles. The number of carbonyl (C=O) groups excluding carboxylic acids is 1. The van der Waals surface area contributed by atoms with Crippen LogP contribution in [-0.4, -0.2) is 12.7 Å². The summed E-state index contributed by atoms with van der Waals surface area (Å²) in [5.74, 6) is 1.36. The molecular weight excluding hydrogens is 310 g/mol. The summed E-state index contributed by atoms with van der Waals surface area (Å²) in [6.07, 6.45) is 7.27. The summed E-state index contributed by atoms with van der Waals surface area (Å²) in [5, 5.41) is 2.96. The molecule has 1 aromatic heterocycles. The summed E-state index contributed by atoms with van der Waals surface area (Å²) >= 11 is 1.64. The molecule has 0 bridgehead atoms. The van der Waals surface area contributed by atoms with Crippen LogP contribution >= 0.6 is 11.3 Å². The van der Waals surface area contributed by atoms with E-state index in [0.717, 1.165) is 29.2 Å². The normalized spacial score (nSPS) is 16.3. The van der Waals surface area contributed by atoms with Crippen LogP contribution in [0, 0.1) is 0 Å². The Balaban J connectivity index is 1.51. The van der Waals surface area contributed by atoms with Gasteiger partial charge >= 0.3 is 0 Å². The van der Waals surface area contributed by atoms with Gasteiger partial charge < -0.3 is 14.8 Å². The van der Waals surface area contributed by atoms with Crippen LogP contribution in [-0.2, 0) is 12.8 Å². The Kier molecular flexibility index (Phi) is 3.95. The molecule has 4 rings (SSSR count). The third-order valence-corrected chi connectivity index (χ3v) is 5.59. The molecule has 1 amide bonds. The maximum Gasteiger partial charge on any atom is 0.265 e. The van der Waals surface area contributed by atoms with E-state index in [2.05, 4.69) is 11.4 Å². The molecular formula is C18H19NO3S. The van der Waals surface area contributed by atoms with Crippen molar-refractivity contribution in [2.45, 2.75) is 38.5 Å². The zero-order valence-corrected chi connectivity index (χ0v) is 13.7. The molecule has 0 spiro atoms. The van der Waals surface area contributed by atoms with E-state index in [0.29, 0.717) is 5.75 Å². The van der Waals surface area contributed by atoms with Gasteiger partial charge in [0.05, 0.1) is 4.88 Å². The lowest BCUT2D eigenvalue weighted by atomic mass is 10.00. The van der Waals surface area contributed by atoms with E-state index in [1.165, 1.54) is 36.1 Å². The Morgan fingerprint density at radius 3 is 2.74 bits per heavy atom. The molecule has 5 heteroatoms. The van der Waals surface area contributed by atoms with Gasteiger partial charge in [0.2, 0.25) is 6.79 Å². The number of hydrogen-bond donors (Lipinski definition) is 1. The highest BCUT2D eigenvalue weighted by molar-refractivity contribution is 7.14. The Morgan fingerprint density at radius 1 is 1.00 bits per heavy atom. The minimum Gasteiger partial charge on any atom is -0.454 e. The number of ether oxygens (including phenoxy) is 2. The lowest BCUT2D eigenvalue weighted by Gasteiger charge is -2.07. The molecule has 0 saturated heterocycles. The van der Waals surface area contributed by atoms with Crippen LogP contribution in [0.1, 0.15) is 45.8 Å². The van der Waals surface area contributed by atoms with Crippen molar-refractivity contribution < 1.29 is 14.3 Å². The zero-order valence-electron chi connectivity index (χ0n) is 12.9. The highest BCUT2D eigenvalue weighted by atomic mass is 32.1. The van der Waals surface area contributed by atoms with Crippen LogP contribution in [0.15, 0.2) is 24.3 Å². The van der Waals surface area contributed by atoms with Gasteiger partial charge in [-0.1, -0.05) is 12.8 Å². The monoisotopic (exact) mass is 329 g/mol. The molecule has 2 aromatic rings. The number of hydrogen-bond acceptors (Lipinski definition) is 4. The molecule has 1 N–H and O–H groups in total. The molecule has 120 valence electrons. The maximum atomic E-state index is 12.5. The van der Waals surface area contributed by atoms with Crippen molar-refractivity contribution in [2.75, 3.05) is 12.1 Å². The van der Waals surface area contributed by atoms with Crippen LogP contribution in [0.3, 0.4) is 0 Å². The summed E-state index contributed by atoms with van der Waals surface area (Å²) < 4.78 is 10.6. The van der Waals surface area contributed by atoms with Gasteiger partial charge in [-0.3, -0.25) is 4.79 Å². The smallest absolute Gasteiger partial charge is 0.265 e. The van der Waals surface area contributed by atoms with Gasteiger partial charge in [0, 0.05) is 16.6 Å². The van der Waals surface area contributed by atoms with E-state index < -0.39 is 0 Å². The van der Waals surface area contributed by atoms with Gasteiger partial charge in [-0.2, -0.15) is 0 Å². The molecule has 23 heavy (non-hydrogen) atoms. The topological polar surface area (TPSA) is 47.6 Å². The summed E-state index contributed by atoms with van der Waals surface area (Å²) in [5.41, 5.74) is 2.10. The highest BCUT2D eigenvalue weighted by Gasteiger charge is 2.18. The van der Waals surface area contributed by atoms with Crippen LogP contribution < -0.4 is 14.8 Å². The fraction of sp³-hybridized carbons (Fsp3) is 0.389. The SMILES string of the molecule is O=C(Nc1ccc2c(c1)OCO2)c1cc2c(s1)CCCCCC2. The quantitative estimate of drug-likeness (QED) is 0.889. The van der Waals surface area contributed by atoms with E-state index in [-0.39, 0.29) is 12.7 Å². The largest absolute Gasteiger partial charge is 0.454 e. The molecule has 0 fully saturated rings. The van der Waals surface area contributed by atoms with Crippen molar-refractivity contribution in [1.29, 1.82) is 0 Å². The second-order valence-corrected chi connectivity index (χ2v) is 7.13. The molecule has 0 saturated carbocycles. The number of thiophene rings is 1. The minimum atomic E-state index is -0.0411. The van der Waals surface area contributed by atoms with Gasteiger partial charge in [0.1, 0.15) is 0 Å². The average Bonchev–Trinajstić information content (AvgIpc) is 3.13. The van der Waals surface area contributed by atoms with Gasteiger partial charge in [0.15, 0.2) is 11.5 Å². The lowest BCUT2D eigenvalue weighted by Crippen LogP contribution is -2.10. The van der Waals surface area contributed by atoms with Crippen molar-refractivity contribution in [3.05, 3.63) is 39.6 Å². The fourth-order valence-electron chi connectivity index (χ4n) is 3.12. The van der Waals surface area contributed by atoms with Gasteiger partial charge in [0.25, 0.3) is 5.91 Å². The number of rotatable bonds is 2. The molecule has 2 aliphatic rings. The fourth-order valence-corrected chi connectivity index (χ4v) is 4.27. The number of amides is 1. The van der Waals surface area contributed by atoms with Crippen molar-refractivity contribution in [3.8, 4) is 11.5 Å². The van der Waals surface area contributed by atoms with Crippen molar-refractivity contribution in [3.63, 3.8) is 0 Å². The molecule has 4 nitrogen and oxygen atoms in total. The number of fused-ring (bicyclic) bond motifs is 2. The van der Waals surface area contributed by atoms with E-state index in [9.17, 15) is 4.79 Å². The third-order valence-electron chi connectivity index (χ3n) is 4.35. The first-order chi connectivity index (χ1) is 11.3. The lowest BCUT2D eigenvalue weighted by molar-refractivity contribution is 0.103. The molecule has 2 heterocycles. The van der Waals surface area contributed by atoms with Gasteiger partial charge in [-0.25, -0.2) is 0 Å². The van der Waals surface area contributed by atoms with Crippen molar-refractivity contribution in [2.24, 2.45) is 0 Å². The zero-order chi connectivity index (χ0) is 15.6. The summed E-state index contributed by atoms with van der Waals surface area (Å²) in [6.45, 7) is 0.240. The van der Waals surface area contributed by atoms with Crippen LogP contribution in [0.4, 0.5) is 5.69 Å². The van der Waals surface area contributed by atoms with Crippen LogP contribution in [0.5, 0.6) is 11.5 Å². The maximum absolute atomic E-state index is 12.5. The van der Waals surface area contributed by atoms with Crippen LogP contribution in [0.2, 0.25) is 0 Å². The standard InChI is InChI=1S/C18H19NO3S/c20-18(19-13-7-8-14-15(10-13)22-11-21-14)17-9-12-5-3-1-2-4-6-16(12)23-17/h7-10H,1-6,11H2,(H,19,20). The first kappa shape index (κ1) is 14.6. The average molecular weight is 329 g/mol. The third kappa shape index (κ3) is 3.06. The Bertz CT molecular complexity index is 712. The minimum absolute atomic E-state index is 0.0411. The first-order valence-corrected chi connectivity index (χ1v) is 8.94. The number of nitrogens with one attached hydrogen (secondary N) is 1. The number of carbonyl (C=O) groups is 1. The predicted octanol–water partition coefficient (Wildman–Crippen LogP) is 4.39. The van der Waals surface area contributed by atoms with E-state index in [1.807, 2.05) is 18.2 Å². The second kappa shape index (κ2) is 6.24. The van der Waals surface area contributed by atoms with Crippen molar-refractivity contribution >= 4 is 22.9 Å². The van der Waals surface area contributed by atoms with Gasteiger partial charge in [-0.15, -0.1) is 11.3 Å². The molecule has 1 aromatic carbocycles. The van der Waals surface area contributed by atoms with Crippen LogP contribution in [0.25, 0.3) is 0 Å². The van der Waals surface area contributed by atoms with Crippen molar-refractivity contribution in [1.82, 2.24) is 0 Å². The Hall–Kier alpha value is -2.01.